The third-order valence-electron chi connectivity index (χ3n) is 5.63. The maximum atomic E-state index is 12.3. The number of carbonyl (C=O) groups excluding carboxylic acids is 2. The zero-order valence-corrected chi connectivity index (χ0v) is 22.9. The molecule has 2 amide bonds. The lowest BCUT2D eigenvalue weighted by molar-refractivity contribution is -0.595. The molecule has 4 aromatic rings. The van der Waals surface area contributed by atoms with Crippen LogP contribution in [0.5, 0.6) is 0 Å². The standard InChI is InChI=1S/C26H23N5O8S2/c1-16(32)28-19-7-9-23(24(13-19)40(34,35)36)30-20-8-10-22(25(14-20)41(37,38)39)29-18-5-2-6-21(12-18)31-11-3-4-17(15-31)26(27)33/h2-15,29-30H,1H3,(H4-,27,28,32,33,34,35,36,37,38,39)/p+1. The van der Waals surface area contributed by atoms with Gasteiger partial charge in [-0.05, 0) is 48.5 Å². The fourth-order valence-electron chi connectivity index (χ4n) is 3.87. The van der Waals surface area contributed by atoms with Crippen LogP contribution >= 0.6 is 0 Å². The molecular weight excluding hydrogens is 574 g/mol. The van der Waals surface area contributed by atoms with E-state index in [0.717, 1.165) is 12.1 Å². The highest BCUT2D eigenvalue weighted by molar-refractivity contribution is 7.86. The van der Waals surface area contributed by atoms with Crippen LogP contribution in [-0.2, 0) is 25.0 Å². The molecule has 0 fully saturated rings. The van der Waals surface area contributed by atoms with E-state index in [9.17, 15) is 35.5 Å². The van der Waals surface area contributed by atoms with Gasteiger partial charge in [0, 0.05) is 42.2 Å². The Labute approximate surface area is 235 Å². The maximum Gasteiger partial charge on any atom is 0.296 e. The molecule has 0 aliphatic heterocycles. The number of nitrogens with two attached hydrogens (primary N) is 1. The van der Waals surface area contributed by atoms with Crippen molar-refractivity contribution in [2.75, 3.05) is 16.0 Å². The highest BCUT2D eigenvalue weighted by Gasteiger charge is 2.21. The molecule has 0 aliphatic carbocycles. The van der Waals surface area contributed by atoms with E-state index in [1.807, 2.05) is 0 Å². The first-order valence-electron chi connectivity index (χ1n) is 11.7. The normalized spacial score (nSPS) is 11.5. The third-order valence-corrected chi connectivity index (χ3v) is 7.41. The summed E-state index contributed by atoms with van der Waals surface area (Å²) in [6, 6.07) is 17.5. The molecule has 0 unspecified atom stereocenters. The van der Waals surface area contributed by atoms with Gasteiger partial charge in [0.05, 0.1) is 11.4 Å². The fraction of sp³-hybridized carbons (Fsp3) is 0.0385. The number of carbonyl (C=O) groups is 2. The summed E-state index contributed by atoms with van der Waals surface area (Å²) >= 11 is 0. The van der Waals surface area contributed by atoms with Crippen molar-refractivity contribution < 1.29 is 40.1 Å². The molecule has 13 nitrogen and oxygen atoms in total. The van der Waals surface area contributed by atoms with Crippen molar-refractivity contribution in [1.29, 1.82) is 0 Å². The van der Waals surface area contributed by atoms with Crippen molar-refractivity contribution in [1.82, 2.24) is 0 Å². The van der Waals surface area contributed by atoms with Crippen LogP contribution in [0.15, 0.2) is 95.0 Å². The van der Waals surface area contributed by atoms with Crippen LogP contribution < -0.4 is 26.3 Å². The van der Waals surface area contributed by atoms with E-state index in [-0.39, 0.29) is 28.3 Å². The molecule has 15 heteroatoms. The number of anilines is 5. The van der Waals surface area contributed by atoms with Crippen LogP contribution in [-0.4, -0.2) is 37.8 Å². The Balaban J connectivity index is 1.68. The van der Waals surface area contributed by atoms with Gasteiger partial charge in [-0.15, -0.1) is 0 Å². The lowest BCUT2D eigenvalue weighted by Crippen LogP contribution is -2.31. The highest BCUT2D eigenvalue weighted by atomic mass is 32.2. The van der Waals surface area contributed by atoms with E-state index >= 15 is 0 Å². The minimum absolute atomic E-state index is 0.00194. The van der Waals surface area contributed by atoms with E-state index in [4.69, 9.17) is 5.73 Å². The molecule has 212 valence electrons. The van der Waals surface area contributed by atoms with Gasteiger partial charge < -0.3 is 21.7 Å². The second kappa shape index (κ2) is 11.3. The number of hydrogen-bond acceptors (Lipinski definition) is 8. The number of aromatic nitrogens is 1. The predicted molar refractivity (Wildman–Crippen MR) is 150 cm³/mol. The third kappa shape index (κ3) is 7.23. The summed E-state index contributed by atoms with van der Waals surface area (Å²) in [5.41, 5.74) is 6.74. The lowest BCUT2D eigenvalue weighted by atomic mass is 10.2. The number of nitrogens with one attached hydrogen (secondary N) is 3. The summed E-state index contributed by atoms with van der Waals surface area (Å²) in [7, 11) is -9.53. The first-order valence-corrected chi connectivity index (χ1v) is 14.5. The first kappa shape index (κ1) is 29.2. The monoisotopic (exact) mass is 598 g/mol. The Morgan fingerprint density at radius 3 is 1.88 bits per heavy atom. The molecule has 0 aliphatic rings. The molecule has 7 N–H and O–H groups in total. The molecule has 1 heterocycles. The summed E-state index contributed by atoms with van der Waals surface area (Å²) < 4.78 is 69.8. The van der Waals surface area contributed by atoms with Gasteiger partial charge in [-0.2, -0.15) is 21.4 Å². The zero-order chi connectivity index (χ0) is 29.9. The lowest BCUT2D eigenvalue weighted by Gasteiger charge is -2.15. The van der Waals surface area contributed by atoms with Crippen molar-refractivity contribution >= 4 is 60.5 Å². The smallest absolute Gasteiger partial charge is 0.296 e. The van der Waals surface area contributed by atoms with Crippen LogP contribution in [0.1, 0.15) is 17.3 Å². The molecule has 0 saturated carbocycles. The van der Waals surface area contributed by atoms with E-state index in [1.165, 1.54) is 37.4 Å². The van der Waals surface area contributed by atoms with Crippen LogP contribution in [0.3, 0.4) is 0 Å². The highest BCUT2D eigenvalue weighted by Crippen LogP contribution is 2.32. The molecule has 0 saturated heterocycles. The first-order chi connectivity index (χ1) is 19.2. The Hall–Kier alpha value is -4.83. The molecule has 0 bridgehead atoms. The van der Waals surface area contributed by atoms with Crippen molar-refractivity contribution in [3.63, 3.8) is 0 Å². The van der Waals surface area contributed by atoms with Crippen molar-refractivity contribution in [3.8, 4) is 5.69 Å². The average Bonchev–Trinajstić information content (AvgIpc) is 2.89. The molecule has 0 atom stereocenters. The van der Waals surface area contributed by atoms with Crippen molar-refractivity contribution in [2.45, 2.75) is 16.7 Å². The Morgan fingerprint density at radius 2 is 1.32 bits per heavy atom. The Bertz CT molecular complexity index is 1890. The SMILES string of the molecule is CC(=O)Nc1ccc(Nc2ccc(Nc3cccc(-[n+]4cccc(C(N)=O)c4)c3)c(S(=O)(=O)O)c2)c(S(=O)(=O)O)c1. The molecule has 0 spiro atoms. The number of pyridine rings is 1. The van der Waals surface area contributed by atoms with Gasteiger partial charge in [0.2, 0.25) is 11.6 Å². The topological polar surface area (TPSA) is 209 Å². The summed E-state index contributed by atoms with van der Waals surface area (Å²) in [6.45, 7) is 1.22. The summed E-state index contributed by atoms with van der Waals surface area (Å²) in [5.74, 6) is -1.07. The second-order valence-electron chi connectivity index (χ2n) is 8.72. The molecule has 0 radical (unpaired) electrons. The molecule has 1 aromatic heterocycles. The van der Waals surface area contributed by atoms with E-state index in [0.29, 0.717) is 11.4 Å². The molecule has 3 aromatic carbocycles. The summed E-state index contributed by atoms with van der Waals surface area (Å²) in [4.78, 5) is 21.8. The number of benzene rings is 3. The van der Waals surface area contributed by atoms with Crippen LogP contribution in [0.4, 0.5) is 28.4 Å². The minimum Gasteiger partial charge on any atom is -0.365 e. The molecular formula is C26H24N5O8S2+. The minimum atomic E-state index is -4.78. The van der Waals surface area contributed by atoms with Crippen LogP contribution in [0.2, 0.25) is 0 Å². The number of nitrogens with zero attached hydrogens (tertiary/aromatic N) is 1. The van der Waals surface area contributed by atoms with Gasteiger partial charge in [0.25, 0.3) is 26.1 Å². The number of primary amides is 1. The summed E-state index contributed by atoms with van der Waals surface area (Å²) in [6.07, 6.45) is 3.23. The Morgan fingerprint density at radius 1 is 0.756 bits per heavy atom. The predicted octanol–water partition coefficient (Wildman–Crippen LogP) is 3.00. The fourth-order valence-corrected chi connectivity index (χ4v) is 5.22. The second-order valence-corrected chi connectivity index (χ2v) is 11.5. The van der Waals surface area contributed by atoms with Gasteiger partial charge in [0.15, 0.2) is 12.4 Å². The number of rotatable bonds is 9. The van der Waals surface area contributed by atoms with Gasteiger partial charge in [0.1, 0.15) is 15.4 Å². The van der Waals surface area contributed by atoms with Gasteiger partial charge in [-0.3, -0.25) is 18.7 Å². The van der Waals surface area contributed by atoms with E-state index in [2.05, 4.69) is 16.0 Å². The maximum absolute atomic E-state index is 12.3. The van der Waals surface area contributed by atoms with Crippen LogP contribution in [0, 0.1) is 0 Å². The Kier molecular flexibility index (Phi) is 8.07. The zero-order valence-electron chi connectivity index (χ0n) is 21.3. The van der Waals surface area contributed by atoms with Gasteiger partial charge in [-0.1, -0.05) is 6.07 Å². The van der Waals surface area contributed by atoms with Crippen molar-refractivity contribution in [2.24, 2.45) is 5.73 Å². The number of hydrogen-bond donors (Lipinski definition) is 6. The average molecular weight is 599 g/mol. The largest absolute Gasteiger partial charge is 0.365 e. The summed E-state index contributed by atoms with van der Waals surface area (Å²) in [5, 5.41) is 8.05. The van der Waals surface area contributed by atoms with Crippen molar-refractivity contribution in [3.05, 3.63) is 90.8 Å². The van der Waals surface area contributed by atoms with Crippen LogP contribution in [0.25, 0.3) is 5.69 Å². The van der Waals surface area contributed by atoms with E-state index in [1.54, 1.807) is 47.2 Å². The van der Waals surface area contributed by atoms with Gasteiger partial charge in [-0.25, -0.2) is 0 Å². The van der Waals surface area contributed by atoms with Gasteiger partial charge >= 0.3 is 0 Å². The number of amides is 2. The molecule has 41 heavy (non-hydrogen) atoms. The quantitative estimate of drug-likeness (QED) is 0.123. The van der Waals surface area contributed by atoms with E-state index < -0.39 is 41.8 Å². The molecule has 4 rings (SSSR count).